The van der Waals surface area contributed by atoms with Crippen molar-refractivity contribution < 1.29 is 23.9 Å². The lowest BCUT2D eigenvalue weighted by molar-refractivity contribution is -0.133. The van der Waals surface area contributed by atoms with Crippen LogP contribution in [0, 0.1) is 0 Å². The largest absolute Gasteiger partial charge is 0.464 e. The molecular formula is C27H26ClN5O5. The third-order valence-corrected chi connectivity index (χ3v) is 5.88. The van der Waals surface area contributed by atoms with Crippen LogP contribution in [0.3, 0.4) is 0 Å². The van der Waals surface area contributed by atoms with Crippen LogP contribution in [-0.4, -0.2) is 53.3 Å². The molecular weight excluding hydrogens is 510 g/mol. The van der Waals surface area contributed by atoms with Crippen LogP contribution in [0.4, 0.5) is 5.69 Å². The van der Waals surface area contributed by atoms with Crippen LogP contribution in [-0.2, 0) is 20.9 Å². The van der Waals surface area contributed by atoms with Crippen LogP contribution in [0.25, 0.3) is 0 Å². The van der Waals surface area contributed by atoms with E-state index in [0.717, 1.165) is 5.56 Å². The number of ether oxygens (including phenoxy) is 2. The van der Waals surface area contributed by atoms with E-state index in [2.05, 4.69) is 25.3 Å². The van der Waals surface area contributed by atoms with Crippen LogP contribution in [0.5, 0.6) is 11.5 Å². The maximum absolute atomic E-state index is 13.3. The van der Waals surface area contributed by atoms with E-state index in [-0.39, 0.29) is 37.0 Å². The molecule has 2 aromatic carbocycles. The Kier molecular flexibility index (Phi) is 8.55. The van der Waals surface area contributed by atoms with Gasteiger partial charge in [0.25, 0.3) is 5.91 Å². The molecule has 0 aliphatic carbocycles. The van der Waals surface area contributed by atoms with Gasteiger partial charge in [-0.2, -0.15) is 0 Å². The van der Waals surface area contributed by atoms with Gasteiger partial charge < -0.3 is 20.1 Å². The number of hydrogen-bond acceptors (Lipinski definition) is 8. The van der Waals surface area contributed by atoms with E-state index >= 15 is 0 Å². The van der Waals surface area contributed by atoms with Gasteiger partial charge in [0.1, 0.15) is 23.2 Å². The molecule has 1 atom stereocenters. The lowest BCUT2D eigenvalue weighted by Gasteiger charge is -2.32. The standard InChI is InChI=1S/C27H26ClN5O5/c1-3-24(34)32-23-15-30-27(33(25(23)35)16-17-4-6-18(28)7-5-17)31-19-8-10-20(11-9-19)38-21-12-13-22(29-14-21)26(36)37-2/h4-14,23H,3,15-16H2,1-2H3,(H,30,31)(H,32,34). The number of halogens is 1. The molecule has 4 rings (SSSR count). The average Bonchev–Trinajstić information content (AvgIpc) is 2.94. The molecule has 196 valence electrons. The SMILES string of the molecule is CCC(=O)NC1CN=C(Nc2ccc(Oc3ccc(C(=O)OC)nc3)cc2)N(Cc2ccc(Cl)cc2)C1=O. The van der Waals surface area contributed by atoms with Gasteiger partial charge in [-0.25, -0.2) is 14.8 Å². The second kappa shape index (κ2) is 12.2. The molecule has 1 aliphatic heterocycles. The van der Waals surface area contributed by atoms with Gasteiger partial charge in [0.2, 0.25) is 11.9 Å². The lowest BCUT2D eigenvalue weighted by Crippen LogP contribution is -2.56. The van der Waals surface area contributed by atoms with E-state index in [1.165, 1.54) is 24.3 Å². The van der Waals surface area contributed by atoms with E-state index in [9.17, 15) is 14.4 Å². The minimum atomic E-state index is -0.741. The number of hydrogen-bond donors (Lipinski definition) is 2. The van der Waals surface area contributed by atoms with Crippen LogP contribution >= 0.6 is 11.6 Å². The van der Waals surface area contributed by atoms with Crippen LogP contribution in [0.15, 0.2) is 71.9 Å². The Hall–Kier alpha value is -4.44. The molecule has 3 aromatic rings. The first-order valence-electron chi connectivity index (χ1n) is 11.8. The van der Waals surface area contributed by atoms with E-state index in [1.54, 1.807) is 49.4 Å². The van der Waals surface area contributed by atoms with Crippen molar-refractivity contribution in [2.24, 2.45) is 4.99 Å². The Bertz CT molecular complexity index is 1330. The molecule has 38 heavy (non-hydrogen) atoms. The van der Waals surface area contributed by atoms with E-state index in [0.29, 0.717) is 28.2 Å². The van der Waals surface area contributed by atoms with Gasteiger partial charge in [-0.15, -0.1) is 0 Å². The molecule has 0 spiro atoms. The number of guanidine groups is 1. The van der Waals surface area contributed by atoms with Crippen molar-refractivity contribution in [1.29, 1.82) is 0 Å². The molecule has 0 saturated heterocycles. The third-order valence-electron chi connectivity index (χ3n) is 5.63. The molecule has 0 radical (unpaired) electrons. The molecule has 10 nitrogen and oxygen atoms in total. The number of benzene rings is 2. The van der Waals surface area contributed by atoms with E-state index < -0.39 is 12.0 Å². The highest BCUT2D eigenvalue weighted by molar-refractivity contribution is 6.30. The van der Waals surface area contributed by atoms with Gasteiger partial charge in [0.15, 0.2) is 0 Å². The second-order valence-electron chi connectivity index (χ2n) is 8.31. The number of anilines is 1. The molecule has 0 fully saturated rings. The second-order valence-corrected chi connectivity index (χ2v) is 8.75. The summed E-state index contributed by atoms with van der Waals surface area (Å²) >= 11 is 6.01. The van der Waals surface area contributed by atoms with E-state index in [4.69, 9.17) is 16.3 Å². The Balaban J connectivity index is 1.48. The predicted octanol–water partition coefficient (Wildman–Crippen LogP) is 4.02. The van der Waals surface area contributed by atoms with Gasteiger partial charge in [-0.05, 0) is 54.1 Å². The summed E-state index contributed by atoms with van der Waals surface area (Å²) in [6, 6.07) is 16.6. The molecule has 0 bridgehead atoms. The maximum Gasteiger partial charge on any atom is 0.356 e. The van der Waals surface area contributed by atoms with Crippen LogP contribution in [0.2, 0.25) is 5.02 Å². The summed E-state index contributed by atoms with van der Waals surface area (Å²) in [4.78, 5) is 46.8. The first-order valence-corrected chi connectivity index (χ1v) is 12.2. The maximum atomic E-state index is 13.3. The number of rotatable bonds is 8. The monoisotopic (exact) mass is 535 g/mol. The van der Waals surface area contributed by atoms with E-state index in [1.807, 2.05) is 12.1 Å². The Morgan fingerprint density at radius 1 is 1.05 bits per heavy atom. The molecule has 11 heteroatoms. The fourth-order valence-corrected chi connectivity index (χ4v) is 3.73. The fourth-order valence-electron chi connectivity index (χ4n) is 3.61. The van der Waals surface area contributed by atoms with Gasteiger partial charge in [-0.1, -0.05) is 30.7 Å². The number of nitrogens with zero attached hydrogens (tertiary/aromatic N) is 3. The number of carbonyl (C=O) groups excluding carboxylic acids is 3. The highest BCUT2D eigenvalue weighted by Crippen LogP contribution is 2.24. The van der Waals surface area contributed by atoms with Crippen molar-refractivity contribution in [3.05, 3.63) is 83.1 Å². The smallest absolute Gasteiger partial charge is 0.356 e. The van der Waals surface area contributed by atoms with Crippen molar-refractivity contribution in [1.82, 2.24) is 15.2 Å². The number of amides is 2. The minimum absolute atomic E-state index is 0.125. The van der Waals surface area contributed by atoms with Gasteiger partial charge in [-0.3, -0.25) is 14.5 Å². The average molecular weight is 536 g/mol. The molecule has 0 saturated carbocycles. The molecule has 1 aliphatic rings. The third kappa shape index (κ3) is 6.65. The fraction of sp³-hybridized carbons (Fsp3) is 0.222. The van der Waals surface area contributed by atoms with Gasteiger partial charge in [0.05, 0.1) is 26.4 Å². The first kappa shape index (κ1) is 26.6. The number of nitrogens with one attached hydrogen (secondary N) is 2. The predicted molar refractivity (Wildman–Crippen MR) is 142 cm³/mol. The molecule has 1 unspecified atom stereocenters. The zero-order chi connectivity index (χ0) is 27.1. The summed E-state index contributed by atoms with van der Waals surface area (Å²) in [6.45, 7) is 2.10. The zero-order valence-corrected chi connectivity index (χ0v) is 21.6. The number of methoxy groups -OCH3 is 1. The van der Waals surface area contributed by atoms with Crippen molar-refractivity contribution in [2.45, 2.75) is 25.9 Å². The molecule has 1 aromatic heterocycles. The molecule has 2 amide bonds. The number of esters is 1. The first-order chi connectivity index (χ1) is 18.4. The molecule has 2 heterocycles. The highest BCUT2D eigenvalue weighted by Gasteiger charge is 2.33. The summed E-state index contributed by atoms with van der Waals surface area (Å²) in [5.41, 5.74) is 1.72. The van der Waals surface area contributed by atoms with Crippen LogP contribution in [0.1, 0.15) is 29.4 Å². The summed E-state index contributed by atoms with van der Waals surface area (Å²) in [7, 11) is 1.29. The number of carbonyl (C=O) groups is 3. The summed E-state index contributed by atoms with van der Waals surface area (Å²) < 4.78 is 10.4. The minimum Gasteiger partial charge on any atom is -0.464 e. The van der Waals surface area contributed by atoms with Crippen molar-refractivity contribution >= 4 is 41.0 Å². The number of aliphatic imine (C=N–C) groups is 1. The Morgan fingerprint density at radius 3 is 2.39 bits per heavy atom. The van der Waals surface area contributed by atoms with Crippen molar-refractivity contribution in [3.63, 3.8) is 0 Å². The van der Waals surface area contributed by atoms with Gasteiger partial charge in [0, 0.05) is 17.1 Å². The number of aromatic nitrogens is 1. The van der Waals surface area contributed by atoms with Crippen molar-refractivity contribution in [2.75, 3.05) is 19.0 Å². The van der Waals surface area contributed by atoms with Crippen LogP contribution < -0.4 is 15.4 Å². The van der Waals surface area contributed by atoms with Gasteiger partial charge >= 0.3 is 5.97 Å². The zero-order valence-electron chi connectivity index (χ0n) is 20.8. The van der Waals surface area contributed by atoms with Crippen molar-refractivity contribution in [3.8, 4) is 11.5 Å². The lowest BCUT2D eigenvalue weighted by atomic mass is 10.1. The quantitative estimate of drug-likeness (QED) is 0.418. The normalized spacial score (nSPS) is 14.9. The highest BCUT2D eigenvalue weighted by atomic mass is 35.5. The Morgan fingerprint density at radius 2 is 1.76 bits per heavy atom. The summed E-state index contributed by atoms with van der Waals surface area (Å²) in [5.74, 6) is 0.359. The summed E-state index contributed by atoms with van der Waals surface area (Å²) in [6.07, 6.45) is 1.71. The Labute approximate surface area is 224 Å². The number of pyridine rings is 1. The topological polar surface area (TPSA) is 122 Å². The summed E-state index contributed by atoms with van der Waals surface area (Å²) in [5, 5.41) is 6.53. The molecule has 2 N–H and O–H groups in total.